The number of hydrogen-bond donors (Lipinski definition) is 1. The summed E-state index contributed by atoms with van der Waals surface area (Å²) in [7, 11) is 3.05. The van der Waals surface area contributed by atoms with Crippen LogP contribution >= 0.6 is 11.6 Å². The number of methoxy groups -OCH3 is 2. The lowest BCUT2D eigenvalue weighted by atomic mass is 10.0. The Labute approximate surface area is 204 Å². The van der Waals surface area contributed by atoms with E-state index in [0.717, 1.165) is 5.57 Å². The Bertz CT molecular complexity index is 1100. The van der Waals surface area contributed by atoms with Gasteiger partial charge in [-0.2, -0.15) is 0 Å². The number of nitrogens with zero attached hydrogens (tertiary/aromatic N) is 3. The summed E-state index contributed by atoms with van der Waals surface area (Å²) >= 11 is 5.97. The summed E-state index contributed by atoms with van der Waals surface area (Å²) in [4.78, 5) is 35.1. The summed E-state index contributed by atoms with van der Waals surface area (Å²) in [5.41, 5.74) is 1.82. The number of pyridine rings is 2. The van der Waals surface area contributed by atoms with E-state index in [1.54, 1.807) is 30.3 Å². The number of halogens is 1. The molecule has 2 aromatic heterocycles. The van der Waals surface area contributed by atoms with Gasteiger partial charge in [-0.05, 0) is 44.4 Å². The molecule has 2 aromatic rings. The standard InChI is InChI=1S/C24H29ClN4O5/c1-24(2,3)34-23(31)29-8-6-16(7-9-29)22-19(33-5)10-15(13-27-22)11-21(30)28-20-12-18(32-4)17(25)14-26-20/h6,10,12-14H,7-9,11H2,1-5H3,(H,26,28,30). The fraction of sp³-hybridized carbons (Fsp3) is 0.417. The van der Waals surface area contributed by atoms with E-state index in [4.69, 9.17) is 25.8 Å². The second kappa shape index (κ2) is 10.7. The van der Waals surface area contributed by atoms with Crippen molar-refractivity contribution in [2.24, 2.45) is 0 Å². The van der Waals surface area contributed by atoms with Crippen molar-refractivity contribution in [1.82, 2.24) is 14.9 Å². The largest absolute Gasteiger partial charge is 0.495 e. The molecule has 0 fully saturated rings. The van der Waals surface area contributed by atoms with E-state index in [2.05, 4.69) is 15.3 Å². The SMILES string of the molecule is COc1cc(NC(=O)Cc2cnc(C3=CCN(C(=O)OC(C)(C)C)CC3)c(OC)c2)ncc1Cl. The van der Waals surface area contributed by atoms with Crippen molar-refractivity contribution in [2.45, 2.75) is 39.2 Å². The Hall–Kier alpha value is -3.33. The zero-order valence-corrected chi connectivity index (χ0v) is 20.7. The molecule has 0 aliphatic carbocycles. The minimum Gasteiger partial charge on any atom is -0.495 e. The van der Waals surface area contributed by atoms with Crippen molar-refractivity contribution in [3.63, 3.8) is 0 Å². The van der Waals surface area contributed by atoms with E-state index in [0.29, 0.717) is 53.1 Å². The fourth-order valence-electron chi connectivity index (χ4n) is 3.37. The Kier molecular flexibility index (Phi) is 7.98. The number of nitrogens with one attached hydrogen (secondary N) is 1. The van der Waals surface area contributed by atoms with E-state index < -0.39 is 5.60 Å². The van der Waals surface area contributed by atoms with E-state index in [-0.39, 0.29) is 18.4 Å². The quantitative estimate of drug-likeness (QED) is 0.644. The van der Waals surface area contributed by atoms with E-state index in [1.165, 1.54) is 13.3 Å². The maximum atomic E-state index is 12.5. The van der Waals surface area contributed by atoms with Gasteiger partial charge in [-0.1, -0.05) is 17.7 Å². The van der Waals surface area contributed by atoms with Gasteiger partial charge in [0.15, 0.2) is 0 Å². The predicted octanol–water partition coefficient (Wildman–Crippen LogP) is 4.35. The molecule has 0 saturated carbocycles. The molecule has 1 aliphatic heterocycles. The van der Waals surface area contributed by atoms with Gasteiger partial charge in [-0.3, -0.25) is 9.78 Å². The Morgan fingerprint density at radius 1 is 1.12 bits per heavy atom. The van der Waals surface area contributed by atoms with Gasteiger partial charge in [0.2, 0.25) is 5.91 Å². The number of carbonyl (C=O) groups is 2. The first-order valence-electron chi connectivity index (χ1n) is 10.8. The van der Waals surface area contributed by atoms with Gasteiger partial charge in [0.1, 0.15) is 33.6 Å². The van der Waals surface area contributed by atoms with Gasteiger partial charge in [0.05, 0.1) is 26.8 Å². The second-order valence-electron chi connectivity index (χ2n) is 8.73. The molecular formula is C24H29ClN4O5. The zero-order valence-electron chi connectivity index (χ0n) is 20.0. The molecule has 0 aromatic carbocycles. The third kappa shape index (κ3) is 6.60. The van der Waals surface area contributed by atoms with Crippen molar-refractivity contribution in [3.8, 4) is 11.5 Å². The number of hydrogen-bond acceptors (Lipinski definition) is 7. The third-order valence-electron chi connectivity index (χ3n) is 4.97. The van der Waals surface area contributed by atoms with Crippen LogP contribution in [-0.2, 0) is 16.0 Å². The first-order valence-corrected chi connectivity index (χ1v) is 11.2. The minimum absolute atomic E-state index is 0.0851. The van der Waals surface area contributed by atoms with Crippen molar-refractivity contribution in [3.05, 3.63) is 46.9 Å². The topological polar surface area (TPSA) is 103 Å². The monoisotopic (exact) mass is 488 g/mol. The highest BCUT2D eigenvalue weighted by atomic mass is 35.5. The van der Waals surface area contributed by atoms with E-state index in [9.17, 15) is 9.59 Å². The molecule has 34 heavy (non-hydrogen) atoms. The molecule has 0 unspecified atom stereocenters. The van der Waals surface area contributed by atoms with Crippen LogP contribution in [0.4, 0.5) is 10.6 Å². The summed E-state index contributed by atoms with van der Waals surface area (Å²) in [5.74, 6) is 1.06. The van der Waals surface area contributed by atoms with E-state index in [1.807, 2.05) is 26.8 Å². The van der Waals surface area contributed by atoms with Crippen LogP contribution in [0.2, 0.25) is 5.02 Å². The molecule has 10 heteroatoms. The van der Waals surface area contributed by atoms with Crippen molar-refractivity contribution in [2.75, 3.05) is 32.6 Å². The van der Waals surface area contributed by atoms with Gasteiger partial charge in [0, 0.05) is 25.4 Å². The molecule has 3 rings (SSSR count). The Morgan fingerprint density at radius 2 is 1.85 bits per heavy atom. The number of aromatic nitrogens is 2. The van der Waals surface area contributed by atoms with Crippen LogP contribution in [0.5, 0.6) is 11.5 Å². The number of rotatable bonds is 6. The average molecular weight is 489 g/mol. The number of carbonyl (C=O) groups excluding carboxylic acids is 2. The van der Waals surface area contributed by atoms with Crippen molar-refractivity contribution < 1.29 is 23.8 Å². The van der Waals surface area contributed by atoms with Crippen LogP contribution in [0.15, 0.2) is 30.6 Å². The smallest absolute Gasteiger partial charge is 0.410 e. The van der Waals surface area contributed by atoms with Crippen LogP contribution in [0.3, 0.4) is 0 Å². The minimum atomic E-state index is -0.538. The summed E-state index contributed by atoms with van der Waals surface area (Å²) < 4.78 is 16.1. The fourth-order valence-corrected chi connectivity index (χ4v) is 3.55. The van der Waals surface area contributed by atoms with Crippen LogP contribution < -0.4 is 14.8 Å². The molecule has 182 valence electrons. The molecule has 0 radical (unpaired) electrons. The molecule has 1 aliphatic rings. The highest BCUT2D eigenvalue weighted by Gasteiger charge is 2.25. The molecule has 0 bridgehead atoms. The maximum absolute atomic E-state index is 12.5. The summed E-state index contributed by atoms with van der Waals surface area (Å²) in [6.45, 7) is 6.48. The van der Waals surface area contributed by atoms with Gasteiger partial charge in [-0.15, -0.1) is 0 Å². The van der Waals surface area contributed by atoms with Gasteiger partial charge < -0.3 is 24.4 Å². The summed E-state index contributed by atoms with van der Waals surface area (Å²) in [5, 5.41) is 3.08. The van der Waals surface area contributed by atoms with Gasteiger partial charge in [-0.25, -0.2) is 9.78 Å². The Balaban J connectivity index is 1.66. The molecule has 0 spiro atoms. The number of ether oxygens (including phenoxy) is 3. The normalized spacial score (nSPS) is 13.7. The van der Waals surface area contributed by atoms with Crippen LogP contribution in [0.1, 0.15) is 38.4 Å². The average Bonchev–Trinajstić information content (AvgIpc) is 2.79. The molecule has 2 amide bonds. The molecule has 9 nitrogen and oxygen atoms in total. The van der Waals surface area contributed by atoms with Crippen LogP contribution in [0.25, 0.3) is 5.57 Å². The first kappa shape index (κ1) is 25.3. The maximum Gasteiger partial charge on any atom is 0.410 e. The molecule has 0 saturated heterocycles. The zero-order chi connectivity index (χ0) is 24.9. The number of amides is 2. The lowest BCUT2D eigenvalue weighted by molar-refractivity contribution is -0.115. The number of anilines is 1. The molecule has 3 heterocycles. The highest BCUT2D eigenvalue weighted by molar-refractivity contribution is 6.32. The van der Waals surface area contributed by atoms with Crippen LogP contribution in [0, 0.1) is 0 Å². The van der Waals surface area contributed by atoms with Gasteiger partial charge >= 0.3 is 6.09 Å². The third-order valence-corrected chi connectivity index (χ3v) is 5.25. The molecule has 0 atom stereocenters. The van der Waals surface area contributed by atoms with E-state index >= 15 is 0 Å². The second-order valence-corrected chi connectivity index (χ2v) is 9.14. The lowest BCUT2D eigenvalue weighted by Crippen LogP contribution is -2.39. The summed E-state index contributed by atoms with van der Waals surface area (Å²) in [6.07, 6.45) is 5.38. The van der Waals surface area contributed by atoms with Crippen LogP contribution in [-0.4, -0.2) is 59.8 Å². The molecular weight excluding hydrogens is 460 g/mol. The Morgan fingerprint density at radius 3 is 2.47 bits per heavy atom. The molecule has 1 N–H and O–H groups in total. The van der Waals surface area contributed by atoms with Crippen molar-refractivity contribution >= 4 is 35.0 Å². The predicted molar refractivity (Wildman–Crippen MR) is 129 cm³/mol. The lowest BCUT2D eigenvalue weighted by Gasteiger charge is -2.29. The van der Waals surface area contributed by atoms with Crippen molar-refractivity contribution in [1.29, 1.82) is 0 Å². The highest BCUT2D eigenvalue weighted by Crippen LogP contribution is 2.30. The van der Waals surface area contributed by atoms with Gasteiger partial charge in [0.25, 0.3) is 0 Å². The first-order chi connectivity index (χ1) is 16.1. The summed E-state index contributed by atoms with van der Waals surface area (Å²) in [6, 6.07) is 3.34.